The number of benzene rings is 1. The molecule has 0 radical (unpaired) electrons. The number of carbonyl (C=O) groups excluding carboxylic acids is 1. The van der Waals surface area contributed by atoms with Gasteiger partial charge in [-0.25, -0.2) is 13.1 Å². The van der Waals surface area contributed by atoms with Crippen molar-refractivity contribution in [3.05, 3.63) is 35.9 Å². The highest BCUT2D eigenvalue weighted by Crippen LogP contribution is 2.11. The monoisotopic (exact) mass is 268 g/mol. The zero-order valence-electron chi connectivity index (χ0n) is 9.87. The molecule has 1 aromatic carbocycles. The van der Waals surface area contributed by atoms with E-state index in [4.69, 9.17) is 5.73 Å². The summed E-state index contributed by atoms with van der Waals surface area (Å²) in [5.74, 6) is -0.235. The van der Waals surface area contributed by atoms with Crippen LogP contribution in [0, 0.1) is 0 Å². The van der Waals surface area contributed by atoms with Gasteiger partial charge in [0.15, 0.2) is 5.78 Å². The van der Waals surface area contributed by atoms with Crippen LogP contribution in [0.3, 0.4) is 0 Å². The largest absolute Gasteiger partial charge is 0.321 e. The topological polar surface area (TPSA) is 89.3 Å². The lowest BCUT2D eigenvalue weighted by molar-refractivity contribution is -0.121. The van der Waals surface area contributed by atoms with Gasteiger partial charge in [0.25, 0.3) is 0 Å². The Morgan fingerprint density at radius 2 is 2.06 bits per heavy atom. The molecule has 6 heteroatoms. The Morgan fingerprint density at radius 3 is 2.61 bits per heavy atom. The number of sulfonamides is 1. The van der Waals surface area contributed by atoms with Crippen LogP contribution in [0.5, 0.6) is 0 Å². The van der Waals surface area contributed by atoms with Crippen molar-refractivity contribution in [3.63, 3.8) is 0 Å². The highest BCUT2D eigenvalue weighted by Gasteiger charge is 2.34. The van der Waals surface area contributed by atoms with Gasteiger partial charge >= 0.3 is 0 Å². The van der Waals surface area contributed by atoms with Gasteiger partial charge in [-0.3, -0.25) is 4.79 Å². The summed E-state index contributed by atoms with van der Waals surface area (Å²) in [6, 6.07) is 8.11. The van der Waals surface area contributed by atoms with Crippen LogP contribution in [-0.2, 0) is 21.2 Å². The second-order valence-electron chi connectivity index (χ2n) is 4.48. The first-order chi connectivity index (χ1) is 8.48. The molecule has 0 bridgehead atoms. The van der Waals surface area contributed by atoms with Gasteiger partial charge in [0.2, 0.25) is 10.0 Å². The van der Waals surface area contributed by atoms with E-state index in [1.165, 1.54) is 0 Å². The maximum atomic E-state index is 12.0. The molecule has 1 aromatic rings. The number of carbonyl (C=O) groups is 1. The van der Waals surface area contributed by atoms with E-state index >= 15 is 0 Å². The van der Waals surface area contributed by atoms with Crippen molar-refractivity contribution in [2.45, 2.75) is 24.9 Å². The molecule has 1 aliphatic heterocycles. The fourth-order valence-corrected chi connectivity index (χ4v) is 3.37. The molecule has 5 nitrogen and oxygen atoms in total. The lowest BCUT2D eigenvalue weighted by Crippen LogP contribution is -2.44. The minimum atomic E-state index is -3.27. The predicted molar refractivity (Wildman–Crippen MR) is 68.5 cm³/mol. The average Bonchev–Trinajstić information content (AvgIpc) is 2.70. The Morgan fingerprint density at radius 1 is 1.39 bits per heavy atom. The number of nitrogens with one attached hydrogen (secondary N) is 1. The van der Waals surface area contributed by atoms with E-state index in [1.54, 1.807) is 0 Å². The van der Waals surface area contributed by atoms with Crippen LogP contribution in [0.25, 0.3) is 0 Å². The Balaban J connectivity index is 1.98. The van der Waals surface area contributed by atoms with Crippen LogP contribution in [0.1, 0.15) is 12.0 Å². The Labute approximate surface area is 106 Å². The minimum absolute atomic E-state index is 0.00145. The first-order valence-electron chi connectivity index (χ1n) is 5.81. The molecule has 0 unspecified atom stereocenters. The minimum Gasteiger partial charge on any atom is -0.321 e. The number of ketones is 1. The van der Waals surface area contributed by atoms with Crippen molar-refractivity contribution < 1.29 is 13.2 Å². The predicted octanol–water partition coefficient (Wildman–Crippen LogP) is -0.183. The molecule has 1 saturated heterocycles. The quantitative estimate of drug-likeness (QED) is 0.792. The summed E-state index contributed by atoms with van der Waals surface area (Å²) < 4.78 is 24.8. The van der Waals surface area contributed by atoms with Crippen molar-refractivity contribution in [2.24, 2.45) is 5.73 Å². The highest BCUT2D eigenvalue weighted by molar-refractivity contribution is 7.89. The van der Waals surface area contributed by atoms with E-state index in [-0.39, 0.29) is 11.5 Å². The fourth-order valence-electron chi connectivity index (χ4n) is 2.03. The lowest BCUT2D eigenvalue weighted by atomic mass is 9.98. The fraction of sp³-hybridized carbons (Fsp3) is 0.417. The third-order valence-electron chi connectivity index (χ3n) is 3.00. The van der Waals surface area contributed by atoms with Crippen LogP contribution in [0.15, 0.2) is 30.3 Å². The van der Waals surface area contributed by atoms with Crippen molar-refractivity contribution in [2.75, 3.05) is 5.75 Å². The van der Waals surface area contributed by atoms with E-state index in [2.05, 4.69) is 4.72 Å². The van der Waals surface area contributed by atoms with E-state index in [1.807, 2.05) is 30.3 Å². The van der Waals surface area contributed by atoms with Gasteiger partial charge < -0.3 is 5.73 Å². The summed E-state index contributed by atoms with van der Waals surface area (Å²) >= 11 is 0. The lowest BCUT2D eigenvalue weighted by Gasteiger charge is -2.14. The smallest absolute Gasteiger partial charge is 0.212 e. The molecule has 1 aliphatic rings. The van der Waals surface area contributed by atoms with E-state index in [0.717, 1.165) is 5.56 Å². The molecule has 1 heterocycles. The van der Waals surface area contributed by atoms with Gasteiger partial charge in [0.05, 0.1) is 17.8 Å². The van der Waals surface area contributed by atoms with Crippen LogP contribution >= 0.6 is 0 Å². The molecule has 3 N–H and O–H groups in total. The molecule has 2 rings (SSSR count). The molecule has 98 valence electrons. The van der Waals surface area contributed by atoms with Crippen LogP contribution in [-0.4, -0.2) is 32.0 Å². The Bertz CT molecular complexity index is 528. The Kier molecular flexibility index (Phi) is 3.79. The molecule has 0 amide bonds. The average molecular weight is 268 g/mol. The molecule has 18 heavy (non-hydrogen) atoms. The van der Waals surface area contributed by atoms with Gasteiger partial charge in [-0.05, 0) is 18.4 Å². The number of hydrogen-bond donors (Lipinski definition) is 2. The van der Waals surface area contributed by atoms with Crippen LogP contribution in [0.4, 0.5) is 0 Å². The number of rotatable bonds is 4. The summed E-state index contributed by atoms with van der Waals surface area (Å²) in [6.45, 7) is 0. The van der Waals surface area contributed by atoms with Gasteiger partial charge in [0.1, 0.15) is 0 Å². The summed E-state index contributed by atoms with van der Waals surface area (Å²) in [5.41, 5.74) is 6.80. The molecule has 1 fully saturated rings. The summed E-state index contributed by atoms with van der Waals surface area (Å²) in [7, 11) is -3.27. The van der Waals surface area contributed by atoms with Crippen LogP contribution in [0.2, 0.25) is 0 Å². The molecule has 0 saturated carbocycles. The molecule has 2 atom stereocenters. The summed E-state index contributed by atoms with van der Waals surface area (Å²) in [5, 5.41) is 0. The van der Waals surface area contributed by atoms with Crippen molar-refractivity contribution in [3.8, 4) is 0 Å². The summed E-state index contributed by atoms with van der Waals surface area (Å²) in [6.07, 6.45) is 0.738. The zero-order chi connectivity index (χ0) is 13.2. The molecular weight excluding hydrogens is 252 g/mol. The maximum Gasteiger partial charge on any atom is 0.212 e. The SMILES string of the molecule is N[C@@H](Cc1ccccc1)C(=O)[C@@H]1CCS(=O)(=O)N1. The molecule has 0 aromatic heterocycles. The van der Waals surface area contributed by atoms with E-state index in [9.17, 15) is 13.2 Å². The van der Waals surface area contributed by atoms with Gasteiger partial charge in [-0.2, -0.15) is 0 Å². The van der Waals surface area contributed by atoms with Crippen molar-refractivity contribution in [1.29, 1.82) is 0 Å². The number of nitrogens with two attached hydrogens (primary N) is 1. The molecule has 0 spiro atoms. The van der Waals surface area contributed by atoms with Gasteiger partial charge in [-0.15, -0.1) is 0 Å². The second-order valence-corrected chi connectivity index (χ2v) is 6.35. The normalized spacial score (nSPS) is 23.7. The van der Waals surface area contributed by atoms with Crippen LogP contribution < -0.4 is 10.5 Å². The number of Topliss-reactive ketones (excluding diaryl/α,β-unsaturated/α-hetero) is 1. The second kappa shape index (κ2) is 5.17. The standard InChI is InChI=1S/C12H16N2O3S/c13-10(8-9-4-2-1-3-5-9)12(15)11-6-7-18(16,17)14-11/h1-5,10-11,14H,6-8,13H2/t10-,11-/m0/s1. The summed E-state index contributed by atoms with van der Waals surface area (Å²) in [4.78, 5) is 12.0. The third kappa shape index (κ3) is 3.16. The van der Waals surface area contributed by atoms with Crippen molar-refractivity contribution >= 4 is 15.8 Å². The number of hydrogen-bond acceptors (Lipinski definition) is 4. The van der Waals surface area contributed by atoms with Crippen molar-refractivity contribution in [1.82, 2.24) is 4.72 Å². The third-order valence-corrected chi connectivity index (χ3v) is 4.42. The zero-order valence-corrected chi connectivity index (χ0v) is 10.7. The van der Waals surface area contributed by atoms with Gasteiger partial charge in [-0.1, -0.05) is 30.3 Å². The Hall–Kier alpha value is -1.24. The molecular formula is C12H16N2O3S. The first-order valence-corrected chi connectivity index (χ1v) is 7.46. The van der Waals surface area contributed by atoms with Gasteiger partial charge in [0, 0.05) is 0 Å². The molecule has 0 aliphatic carbocycles. The maximum absolute atomic E-state index is 12.0. The highest BCUT2D eigenvalue weighted by atomic mass is 32.2. The first kappa shape index (κ1) is 13.2. The van der Waals surface area contributed by atoms with E-state index in [0.29, 0.717) is 12.8 Å². The van der Waals surface area contributed by atoms with E-state index < -0.39 is 22.1 Å².